The van der Waals surface area contributed by atoms with Crippen molar-refractivity contribution in [3.05, 3.63) is 47.8 Å². The Morgan fingerprint density at radius 2 is 1.68 bits per heavy atom. The van der Waals surface area contributed by atoms with Crippen molar-refractivity contribution in [2.24, 2.45) is 0 Å². The van der Waals surface area contributed by atoms with Gasteiger partial charge in [0.1, 0.15) is 0 Å². The molecule has 2 aromatic rings. The van der Waals surface area contributed by atoms with Crippen LogP contribution in [0.3, 0.4) is 0 Å². The second-order valence-corrected chi connectivity index (χ2v) is 10.2. The van der Waals surface area contributed by atoms with Crippen molar-refractivity contribution < 1.29 is 13.2 Å². The lowest BCUT2D eigenvalue weighted by Crippen LogP contribution is -2.47. The molecule has 1 amide bonds. The molecule has 0 N–H and O–H groups in total. The third kappa shape index (κ3) is 3.24. The summed E-state index contributed by atoms with van der Waals surface area (Å²) in [5.41, 5.74) is 1.70. The molecule has 0 spiro atoms. The van der Waals surface area contributed by atoms with Gasteiger partial charge in [0.05, 0.1) is 17.1 Å². The standard InChI is InChI=1S/C20H26N4O3S/c1-14-12-21-23(13-14)18-10-16-6-7-17(11-18)24(16)20(25)15-4-8-19(9-5-15)28(26,27)22(2)3/h4-5,8-9,12-13,16-18H,6-7,10-11H2,1-3H3. The van der Waals surface area contributed by atoms with Gasteiger partial charge in [-0.1, -0.05) is 0 Å². The van der Waals surface area contributed by atoms with Gasteiger partial charge in [-0.15, -0.1) is 0 Å². The number of nitrogens with zero attached hydrogens (tertiary/aromatic N) is 4. The number of amides is 1. The van der Waals surface area contributed by atoms with Gasteiger partial charge in [0, 0.05) is 37.9 Å². The number of benzene rings is 1. The number of carbonyl (C=O) groups excluding carboxylic acids is 1. The van der Waals surface area contributed by atoms with E-state index >= 15 is 0 Å². The maximum absolute atomic E-state index is 13.1. The minimum atomic E-state index is -3.49. The summed E-state index contributed by atoms with van der Waals surface area (Å²) in [6, 6.07) is 7.05. The van der Waals surface area contributed by atoms with E-state index in [4.69, 9.17) is 0 Å². The highest BCUT2D eigenvalue weighted by Crippen LogP contribution is 2.41. The van der Waals surface area contributed by atoms with E-state index in [0.29, 0.717) is 11.6 Å². The van der Waals surface area contributed by atoms with Gasteiger partial charge in [-0.25, -0.2) is 12.7 Å². The summed E-state index contributed by atoms with van der Waals surface area (Å²) in [6.45, 7) is 2.04. The van der Waals surface area contributed by atoms with Crippen LogP contribution in [0.1, 0.15) is 47.6 Å². The summed E-state index contributed by atoms with van der Waals surface area (Å²) in [4.78, 5) is 15.4. The summed E-state index contributed by atoms with van der Waals surface area (Å²) in [7, 11) is -0.496. The summed E-state index contributed by atoms with van der Waals surface area (Å²) in [6.07, 6.45) is 7.81. The third-order valence-electron chi connectivity index (χ3n) is 5.93. The Hall–Kier alpha value is -2.19. The van der Waals surface area contributed by atoms with Crippen LogP contribution in [0.25, 0.3) is 0 Å². The lowest BCUT2D eigenvalue weighted by Gasteiger charge is -2.39. The van der Waals surface area contributed by atoms with Crippen molar-refractivity contribution in [2.75, 3.05) is 14.1 Å². The number of sulfonamides is 1. The first-order chi connectivity index (χ1) is 13.3. The predicted molar refractivity (Wildman–Crippen MR) is 106 cm³/mol. The molecule has 0 saturated carbocycles. The third-order valence-corrected chi connectivity index (χ3v) is 7.76. The Morgan fingerprint density at radius 3 is 2.18 bits per heavy atom. The SMILES string of the molecule is Cc1cnn(C2CC3CCC(C2)N3C(=O)c2ccc(S(=O)(=O)N(C)C)cc2)c1. The molecule has 2 unspecified atom stereocenters. The number of hydrogen-bond donors (Lipinski definition) is 0. The zero-order valence-electron chi connectivity index (χ0n) is 16.4. The van der Waals surface area contributed by atoms with Crippen LogP contribution in [-0.4, -0.2) is 59.5 Å². The second kappa shape index (κ2) is 7.00. The molecular formula is C20H26N4O3S. The highest BCUT2D eigenvalue weighted by Gasteiger charge is 2.44. The van der Waals surface area contributed by atoms with E-state index in [1.165, 1.54) is 30.5 Å². The topological polar surface area (TPSA) is 75.5 Å². The molecule has 8 heteroatoms. The molecule has 150 valence electrons. The number of fused-ring (bicyclic) bond motifs is 2. The van der Waals surface area contributed by atoms with Gasteiger partial charge in [-0.3, -0.25) is 9.48 Å². The van der Waals surface area contributed by atoms with Crippen LogP contribution in [0.4, 0.5) is 0 Å². The zero-order chi connectivity index (χ0) is 20.1. The van der Waals surface area contributed by atoms with E-state index in [2.05, 4.69) is 11.3 Å². The van der Waals surface area contributed by atoms with Gasteiger partial charge in [0.15, 0.2) is 0 Å². The smallest absolute Gasteiger partial charge is 0.254 e. The Morgan fingerprint density at radius 1 is 1.07 bits per heavy atom. The van der Waals surface area contributed by atoms with E-state index in [1.54, 1.807) is 12.1 Å². The Bertz CT molecular complexity index is 967. The van der Waals surface area contributed by atoms with Crippen LogP contribution in [0.15, 0.2) is 41.6 Å². The monoisotopic (exact) mass is 402 g/mol. The molecular weight excluding hydrogens is 376 g/mol. The number of rotatable bonds is 4. The first-order valence-electron chi connectivity index (χ1n) is 9.63. The van der Waals surface area contributed by atoms with Gasteiger partial charge >= 0.3 is 0 Å². The van der Waals surface area contributed by atoms with Gasteiger partial charge in [-0.2, -0.15) is 5.10 Å². The largest absolute Gasteiger partial charge is 0.333 e. The minimum absolute atomic E-state index is 0.00334. The molecule has 2 atom stereocenters. The van der Waals surface area contributed by atoms with Crippen LogP contribution in [0.2, 0.25) is 0 Å². The van der Waals surface area contributed by atoms with E-state index in [-0.39, 0.29) is 22.9 Å². The van der Waals surface area contributed by atoms with Crippen LogP contribution in [0, 0.1) is 6.92 Å². The van der Waals surface area contributed by atoms with Crippen molar-refractivity contribution in [1.29, 1.82) is 0 Å². The molecule has 4 rings (SSSR count). The van der Waals surface area contributed by atoms with Crippen molar-refractivity contribution in [2.45, 2.75) is 55.6 Å². The molecule has 7 nitrogen and oxygen atoms in total. The maximum Gasteiger partial charge on any atom is 0.254 e. The van der Waals surface area contributed by atoms with Gasteiger partial charge in [0.2, 0.25) is 10.0 Å². The first-order valence-corrected chi connectivity index (χ1v) is 11.1. The highest BCUT2D eigenvalue weighted by atomic mass is 32.2. The highest BCUT2D eigenvalue weighted by molar-refractivity contribution is 7.89. The van der Waals surface area contributed by atoms with Gasteiger partial charge < -0.3 is 4.90 Å². The molecule has 2 saturated heterocycles. The Kier molecular flexibility index (Phi) is 4.79. The lowest BCUT2D eigenvalue weighted by molar-refractivity contribution is 0.0524. The quantitative estimate of drug-likeness (QED) is 0.787. The van der Waals surface area contributed by atoms with Crippen molar-refractivity contribution in [3.63, 3.8) is 0 Å². The van der Waals surface area contributed by atoms with Gasteiger partial charge in [-0.05, 0) is 62.4 Å². The fraction of sp³-hybridized carbons (Fsp3) is 0.500. The molecule has 2 aliphatic rings. The fourth-order valence-electron chi connectivity index (χ4n) is 4.46. The number of piperidine rings is 1. The maximum atomic E-state index is 13.1. The molecule has 2 aliphatic heterocycles. The van der Waals surface area contributed by atoms with Crippen LogP contribution < -0.4 is 0 Å². The van der Waals surface area contributed by atoms with E-state index < -0.39 is 10.0 Å². The van der Waals surface area contributed by atoms with E-state index in [9.17, 15) is 13.2 Å². The summed E-state index contributed by atoms with van der Waals surface area (Å²) in [5.74, 6) is -0.00334. The zero-order valence-corrected chi connectivity index (χ0v) is 17.3. The molecule has 0 radical (unpaired) electrons. The summed E-state index contributed by atoms with van der Waals surface area (Å²) < 4.78 is 27.7. The molecule has 1 aromatic carbocycles. The van der Waals surface area contributed by atoms with Crippen molar-refractivity contribution in [1.82, 2.24) is 19.0 Å². The van der Waals surface area contributed by atoms with E-state index in [0.717, 1.165) is 31.2 Å². The molecule has 28 heavy (non-hydrogen) atoms. The van der Waals surface area contributed by atoms with Gasteiger partial charge in [0.25, 0.3) is 5.91 Å². The lowest BCUT2D eigenvalue weighted by atomic mass is 9.96. The number of aromatic nitrogens is 2. The molecule has 2 fully saturated rings. The van der Waals surface area contributed by atoms with Crippen molar-refractivity contribution in [3.8, 4) is 0 Å². The molecule has 1 aromatic heterocycles. The second-order valence-electron chi connectivity index (χ2n) is 8.03. The minimum Gasteiger partial charge on any atom is -0.333 e. The normalized spacial score (nSPS) is 24.7. The average Bonchev–Trinajstić information content (AvgIpc) is 3.21. The predicted octanol–water partition coefficient (Wildman–Crippen LogP) is 2.45. The molecule has 0 aliphatic carbocycles. The number of carbonyl (C=O) groups is 1. The van der Waals surface area contributed by atoms with Crippen LogP contribution in [0.5, 0.6) is 0 Å². The van der Waals surface area contributed by atoms with Crippen molar-refractivity contribution >= 4 is 15.9 Å². The average molecular weight is 403 g/mol. The van der Waals surface area contributed by atoms with E-state index in [1.807, 2.05) is 22.7 Å². The summed E-state index contributed by atoms with van der Waals surface area (Å²) in [5, 5.41) is 4.46. The molecule has 3 heterocycles. The number of aryl methyl sites for hydroxylation is 1. The Labute approximate surface area is 166 Å². The summed E-state index contributed by atoms with van der Waals surface area (Å²) >= 11 is 0. The van der Waals surface area contributed by atoms with Crippen LogP contribution in [-0.2, 0) is 10.0 Å². The van der Waals surface area contributed by atoms with Crippen LogP contribution >= 0.6 is 0 Å². The fourth-order valence-corrected chi connectivity index (χ4v) is 5.36. The Balaban J connectivity index is 1.52. The molecule has 2 bridgehead atoms. The number of hydrogen-bond acceptors (Lipinski definition) is 4. The first kappa shape index (κ1) is 19.1.